The van der Waals surface area contributed by atoms with Gasteiger partial charge >= 0.3 is 5.97 Å². The first-order valence-electron chi connectivity index (χ1n) is 6.46. The summed E-state index contributed by atoms with van der Waals surface area (Å²) in [7, 11) is 0. The highest BCUT2D eigenvalue weighted by Crippen LogP contribution is 2.29. The standard InChI is InChI=1S/C12H19N3O3S/c1-8(2)11-13-14-12(19-7-10(16)17)15(11)9-4-3-5-18-6-9/h8-9H,3-7H2,1-2H3,(H,16,17). The Labute approximate surface area is 116 Å². The first kappa shape index (κ1) is 14.3. The molecule has 1 N–H and O–H groups in total. The molecule has 1 fully saturated rings. The molecule has 0 saturated carbocycles. The van der Waals surface area contributed by atoms with Gasteiger partial charge in [0.25, 0.3) is 0 Å². The van der Waals surface area contributed by atoms with Gasteiger partial charge in [-0.05, 0) is 12.8 Å². The smallest absolute Gasteiger partial charge is 0.313 e. The van der Waals surface area contributed by atoms with Crippen molar-refractivity contribution in [1.29, 1.82) is 0 Å². The van der Waals surface area contributed by atoms with Gasteiger partial charge in [0.05, 0.1) is 18.4 Å². The summed E-state index contributed by atoms with van der Waals surface area (Å²) in [6, 6.07) is 0.220. The van der Waals surface area contributed by atoms with Crippen LogP contribution in [0.4, 0.5) is 0 Å². The number of rotatable bonds is 5. The maximum Gasteiger partial charge on any atom is 0.313 e. The summed E-state index contributed by atoms with van der Waals surface area (Å²) < 4.78 is 7.59. The highest BCUT2D eigenvalue weighted by atomic mass is 32.2. The van der Waals surface area contributed by atoms with Gasteiger partial charge in [0.1, 0.15) is 5.82 Å². The van der Waals surface area contributed by atoms with E-state index in [1.165, 1.54) is 11.8 Å². The molecular formula is C12H19N3O3S. The van der Waals surface area contributed by atoms with E-state index in [1.54, 1.807) is 0 Å². The van der Waals surface area contributed by atoms with Gasteiger partial charge in [-0.15, -0.1) is 10.2 Å². The van der Waals surface area contributed by atoms with Crippen molar-refractivity contribution in [1.82, 2.24) is 14.8 Å². The van der Waals surface area contributed by atoms with Crippen molar-refractivity contribution in [2.75, 3.05) is 19.0 Å². The number of carboxylic acids is 1. The second-order valence-electron chi connectivity index (χ2n) is 4.92. The summed E-state index contributed by atoms with van der Waals surface area (Å²) in [4.78, 5) is 10.7. The molecule has 0 spiro atoms. The van der Waals surface area contributed by atoms with Crippen molar-refractivity contribution in [3.63, 3.8) is 0 Å². The largest absolute Gasteiger partial charge is 0.481 e. The number of thioether (sulfide) groups is 1. The van der Waals surface area contributed by atoms with Gasteiger partial charge < -0.3 is 14.4 Å². The summed E-state index contributed by atoms with van der Waals surface area (Å²) in [5.74, 6) is 0.326. The Kier molecular flexibility index (Phi) is 4.81. The minimum Gasteiger partial charge on any atom is -0.481 e. The van der Waals surface area contributed by atoms with Crippen molar-refractivity contribution in [2.45, 2.75) is 43.8 Å². The Morgan fingerprint density at radius 3 is 2.95 bits per heavy atom. The molecule has 106 valence electrons. The van der Waals surface area contributed by atoms with E-state index in [0.29, 0.717) is 11.8 Å². The van der Waals surface area contributed by atoms with Crippen LogP contribution < -0.4 is 0 Å². The second-order valence-corrected chi connectivity index (χ2v) is 5.86. The highest BCUT2D eigenvalue weighted by Gasteiger charge is 2.24. The lowest BCUT2D eigenvalue weighted by molar-refractivity contribution is -0.133. The van der Waals surface area contributed by atoms with E-state index < -0.39 is 5.97 Å². The molecule has 6 nitrogen and oxygen atoms in total. The number of carbonyl (C=O) groups is 1. The molecule has 2 rings (SSSR count). The fourth-order valence-electron chi connectivity index (χ4n) is 2.18. The fourth-order valence-corrected chi connectivity index (χ4v) is 2.91. The highest BCUT2D eigenvalue weighted by molar-refractivity contribution is 7.99. The predicted octanol–water partition coefficient (Wildman–Crippen LogP) is 1.93. The van der Waals surface area contributed by atoms with Gasteiger partial charge in [-0.1, -0.05) is 25.6 Å². The maximum atomic E-state index is 10.7. The molecule has 0 amide bonds. The van der Waals surface area contributed by atoms with E-state index in [1.807, 2.05) is 0 Å². The summed E-state index contributed by atoms with van der Waals surface area (Å²) >= 11 is 1.22. The molecule has 1 aromatic heterocycles. The minimum absolute atomic E-state index is 0.00378. The summed E-state index contributed by atoms with van der Waals surface area (Å²) in [6.07, 6.45) is 2.04. The third-order valence-electron chi connectivity index (χ3n) is 3.03. The van der Waals surface area contributed by atoms with Crippen LogP contribution in [0.15, 0.2) is 5.16 Å². The van der Waals surface area contributed by atoms with Gasteiger partial charge in [0.15, 0.2) is 5.16 Å². The Balaban J connectivity index is 2.24. The Hall–Kier alpha value is -1.08. The molecule has 1 saturated heterocycles. The minimum atomic E-state index is -0.842. The Morgan fingerprint density at radius 1 is 1.58 bits per heavy atom. The summed E-state index contributed by atoms with van der Waals surface area (Å²) in [5, 5.41) is 17.8. The van der Waals surface area contributed by atoms with Crippen molar-refractivity contribution in [2.24, 2.45) is 0 Å². The van der Waals surface area contributed by atoms with Gasteiger partial charge in [-0.3, -0.25) is 4.79 Å². The monoisotopic (exact) mass is 285 g/mol. The van der Waals surface area contributed by atoms with E-state index in [0.717, 1.165) is 25.3 Å². The first-order valence-corrected chi connectivity index (χ1v) is 7.45. The van der Waals surface area contributed by atoms with Crippen molar-refractivity contribution >= 4 is 17.7 Å². The molecule has 0 radical (unpaired) electrons. The first-order chi connectivity index (χ1) is 9.09. The molecule has 1 aromatic rings. The molecule has 19 heavy (non-hydrogen) atoms. The zero-order chi connectivity index (χ0) is 13.8. The zero-order valence-electron chi connectivity index (χ0n) is 11.2. The summed E-state index contributed by atoms with van der Waals surface area (Å²) in [5.41, 5.74) is 0. The lowest BCUT2D eigenvalue weighted by Gasteiger charge is -2.26. The molecule has 0 aromatic carbocycles. The van der Waals surface area contributed by atoms with Crippen LogP contribution in [0.3, 0.4) is 0 Å². The average molecular weight is 285 g/mol. The quantitative estimate of drug-likeness (QED) is 0.833. The number of aromatic nitrogens is 3. The molecule has 1 atom stereocenters. The number of carboxylic acid groups (broad SMARTS) is 1. The Morgan fingerprint density at radius 2 is 2.37 bits per heavy atom. The third-order valence-corrected chi connectivity index (χ3v) is 3.96. The average Bonchev–Trinajstić information content (AvgIpc) is 2.81. The molecule has 1 aliphatic rings. The summed E-state index contributed by atoms with van der Waals surface area (Å²) in [6.45, 7) is 5.58. The van der Waals surface area contributed by atoms with Crippen LogP contribution in [-0.4, -0.2) is 44.8 Å². The molecule has 1 aliphatic heterocycles. The van der Waals surface area contributed by atoms with Crippen LogP contribution in [0.5, 0.6) is 0 Å². The van der Waals surface area contributed by atoms with Crippen LogP contribution in [0, 0.1) is 0 Å². The van der Waals surface area contributed by atoms with Crippen LogP contribution in [0.2, 0.25) is 0 Å². The van der Waals surface area contributed by atoms with Crippen LogP contribution in [0.25, 0.3) is 0 Å². The lowest BCUT2D eigenvalue weighted by Crippen LogP contribution is -2.24. The third kappa shape index (κ3) is 3.48. The number of hydrogen-bond donors (Lipinski definition) is 1. The van der Waals surface area contributed by atoms with E-state index in [-0.39, 0.29) is 17.7 Å². The van der Waals surface area contributed by atoms with Crippen molar-refractivity contribution < 1.29 is 14.6 Å². The lowest BCUT2D eigenvalue weighted by atomic mass is 10.1. The SMILES string of the molecule is CC(C)c1nnc(SCC(=O)O)n1C1CCCOC1. The van der Waals surface area contributed by atoms with E-state index in [9.17, 15) is 4.79 Å². The number of aliphatic carboxylic acids is 1. The van der Waals surface area contributed by atoms with Crippen molar-refractivity contribution in [3.8, 4) is 0 Å². The van der Waals surface area contributed by atoms with Crippen LogP contribution in [0.1, 0.15) is 44.5 Å². The molecule has 7 heteroatoms. The van der Waals surface area contributed by atoms with Crippen LogP contribution in [-0.2, 0) is 9.53 Å². The van der Waals surface area contributed by atoms with Crippen molar-refractivity contribution in [3.05, 3.63) is 5.82 Å². The molecule has 0 aliphatic carbocycles. The normalized spacial score (nSPS) is 19.8. The van der Waals surface area contributed by atoms with Gasteiger partial charge in [-0.25, -0.2) is 0 Å². The molecule has 1 unspecified atom stereocenters. The van der Waals surface area contributed by atoms with E-state index in [2.05, 4.69) is 28.6 Å². The molecule has 2 heterocycles. The zero-order valence-corrected chi connectivity index (χ0v) is 12.0. The maximum absolute atomic E-state index is 10.7. The van der Waals surface area contributed by atoms with Gasteiger partial charge in [0.2, 0.25) is 0 Å². The predicted molar refractivity (Wildman–Crippen MR) is 71.6 cm³/mol. The number of hydrogen-bond acceptors (Lipinski definition) is 5. The second kappa shape index (κ2) is 6.38. The number of ether oxygens (including phenoxy) is 1. The van der Waals surface area contributed by atoms with Gasteiger partial charge in [-0.2, -0.15) is 0 Å². The topological polar surface area (TPSA) is 77.2 Å². The van der Waals surface area contributed by atoms with E-state index in [4.69, 9.17) is 9.84 Å². The Bertz CT molecular complexity index is 441. The number of nitrogens with zero attached hydrogens (tertiary/aromatic N) is 3. The van der Waals surface area contributed by atoms with E-state index >= 15 is 0 Å². The van der Waals surface area contributed by atoms with Gasteiger partial charge in [0, 0.05) is 12.5 Å². The fraction of sp³-hybridized carbons (Fsp3) is 0.750. The van der Waals surface area contributed by atoms with Crippen LogP contribution >= 0.6 is 11.8 Å². The molecule has 0 bridgehead atoms. The molecular weight excluding hydrogens is 266 g/mol.